The first kappa shape index (κ1) is 19.0. The summed E-state index contributed by atoms with van der Waals surface area (Å²) < 4.78 is 12.2. The molecule has 144 valence electrons. The minimum Gasteiger partial charge on any atom is -0.462 e. The number of hydrogen-bond donors (Lipinski definition) is 3. The zero-order chi connectivity index (χ0) is 20.0. The Balaban J connectivity index is 1.93. The molecule has 2 aromatic rings. The van der Waals surface area contributed by atoms with Crippen molar-refractivity contribution in [3.8, 4) is 6.07 Å². The average molecular weight is 375 g/mol. The Labute approximate surface area is 155 Å². The lowest BCUT2D eigenvalue weighted by atomic mass is 9.92. The van der Waals surface area contributed by atoms with Crippen molar-refractivity contribution in [1.29, 1.82) is 5.26 Å². The number of carbonyl (C=O) groups is 1. The Morgan fingerprint density at radius 3 is 2.81 bits per heavy atom. The van der Waals surface area contributed by atoms with Crippen LogP contribution in [0.1, 0.15) is 26.5 Å². The highest BCUT2D eigenvalue weighted by Crippen LogP contribution is 2.40. The van der Waals surface area contributed by atoms with E-state index in [1.54, 1.807) is 26.8 Å². The van der Waals surface area contributed by atoms with Gasteiger partial charge in [0.2, 0.25) is 5.60 Å². The summed E-state index contributed by atoms with van der Waals surface area (Å²) in [5.41, 5.74) is 3.76. The highest BCUT2D eigenvalue weighted by molar-refractivity contribution is 5.75. The molecular weight excluding hydrogens is 354 g/mol. The smallest absolute Gasteiger partial charge is 0.311 e. The van der Waals surface area contributed by atoms with Crippen molar-refractivity contribution in [2.45, 2.75) is 44.7 Å². The van der Waals surface area contributed by atoms with Gasteiger partial charge in [0.25, 0.3) is 0 Å². The number of rotatable bonds is 3. The molecule has 0 amide bonds. The molecule has 1 fully saturated rings. The fraction of sp³-hybridized carbons (Fsp3) is 0.529. The Hall–Kier alpha value is -2.74. The predicted molar refractivity (Wildman–Crippen MR) is 92.0 cm³/mol. The van der Waals surface area contributed by atoms with E-state index in [0.717, 1.165) is 0 Å². The lowest BCUT2D eigenvalue weighted by molar-refractivity contribution is -0.159. The van der Waals surface area contributed by atoms with E-state index in [1.807, 2.05) is 6.07 Å². The number of nitrogens with zero attached hydrogens (tertiary/aromatic N) is 4. The molecule has 3 heterocycles. The molecule has 10 nitrogen and oxygen atoms in total. The van der Waals surface area contributed by atoms with Crippen molar-refractivity contribution in [3.05, 3.63) is 24.2 Å². The van der Waals surface area contributed by atoms with E-state index in [2.05, 4.69) is 10.1 Å². The molecule has 3 rings (SSSR count). The molecular formula is C17H21N5O5. The summed E-state index contributed by atoms with van der Waals surface area (Å²) >= 11 is 0. The zero-order valence-corrected chi connectivity index (χ0v) is 15.2. The largest absolute Gasteiger partial charge is 0.462 e. The summed E-state index contributed by atoms with van der Waals surface area (Å²) in [4.78, 5) is 15.8. The predicted octanol–water partition coefficient (Wildman–Crippen LogP) is -0.260. The number of ether oxygens (including phenoxy) is 2. The molecule has 1 aliphatic rings. The Morgan fingerprint density at radius 2 is 2.19 bits per heavy atom. The highest BCUT2D eigenvalue weighted by atomic mass is 16.6. The summed E-state index contributed by atoms with van der Waals surface area (Å²) in [6, 6.07) is 5.02. The minimum atomic E-state index is -1.91. The van der Waals surface area contributed by atoms with Gasteiger partial charge < -0.3 is 25.4 Å². The van der Waals surface area contributed by atoms with E-state index < -0.39 is 35.3 Å². The van der Waals surface area contributed by atoms with Crippen molar-refractivity contribution in [1.82, 2.24) is 14.6 Å². The molecule has 1 saturated heterocycles. The number of nitrogens with two attached hydrogens (primary N) is 1. The second kappa shape index (κ2) is 6.45. The van der Waals surface area contributed by atoms with Gasteiger partial charge in [-0.3, -0.25) is 4.79 Å². The standard InChI is InChI=1S/C17H21N5O5/c1-16(2,3)15(25)26-6-10-12(23)13(24)17(7-18,27-10)11-5-4-9-14(19)20-8-21-22(9)11/h4-5,8,10,12-13,23-24H,6H2,1-3H3,(H2,19,20,21). The topological polar surface area (TPSA) is 156 Å². The van der Waals surface area contributed by atoms with Crippen LogP contribution in [0.25, 0.3) is 5.52 Å². The lowest BCUT2D eigenvalue weighted by Crippen LogP contribution is -2.41. The average Bonchev–Trinajstić information content (AvgIpc) is 3.15. The van der Waals surface area contributed by atoms with Crippen molar-refractivity contribution >= 4 is 17.3 Å². The number of carbonyl (C=O) groups excluding carboxylic acids is 1. The Morgan fingerprint density at radius 1 is 1.48 bits per heavy atom. The molecule has 0 aliphatic carbocycles. The molecule has 1 aliphatic heterocycles. The molecule has 10 heteroatoms. The van der Waals surface area contributed by atoms with Crippen LogP contribution in [0.15, 0.2) is 18.5 Å². The highest BCUT2D eigenvalue weighted by Gasteiger charge is 2.57. The third kappa shape index (κ3) is 2.99. The van der Waals surface area contributed by atoms with Crippen LogP contribution in [0, 0.1) is 16.7 Å². The Bertz CT molecular complexity index is 915. The van der Waals surface area contributed by atoms with Gasteiger partial charge in [0, 0.05) is 0 Å². The molecule has 0 aromatic carbocycles. The minimum absolute atomic E-state index is 0.185. The molecule has 0 bridgehead atoms. The van der Waals surface area contributed by atoms with Crippen LogP contribution in [0.3, 0.4) is 0 Å². The van der Waals surface area contributed by atoms with E-state index in [1.165, 1.54) is 16.9 Å². The van der Waals surface area contributed by atoms with E-state index in [0.29, 0.717) is 5.52 Å². The van der Waals surface area contributed by atoms with Crippen molar-refractivity contribution in [2.24, 2.45) is 5.41 Å². The van der Waals surface area contributed by atoms with Gasteiger partial charge in [-0.15, -0.1) is 0 Å². The van der Waals surface area contributed by atoms with Crippen molar-refractivity contribution in [3.63, 3.8) is 0 Å². The molecule has 0 radical (unpaired) electrons. The molecule has 0 spiro atoms. The van der Waals surface area contributed by atoms with Gasteiger partial charge in [-0.25, -0.2) is 9.50 Å². The van der Waals surface area contributed by atoms with E-state index >= 15 is 0 Å². The van der Waals surface area contributed by atoms with E-state index in [9.17, 15) is 20.3 Å². The zero-order valence-electron chi connectivity index (χ0n) is 15.2. The lowest BCUT2D eigenvalue weighted by Gasteiger charge is -2.24. The summed E-state index contributed by atoms with van der Waals surface area (Å²) in [7, 11) is 0. The number of nitrogen functional groups attached to an aromatic ring is 1. The van der Waals surface area contributed by atoms with Gasteiger partial charge in [-0.05, 0) is 32.9 Å². The molecule has 4 atom stereocenters. The van der Waals surface area contributed by atoms with Gasteiger partial charge in [-0.1, -0.05) is 0 Å². The fourth-order valence-electron chi connectivity index (χ4n) is 2.92. The molecule has 2 aromatic heterocycles. The van der Waals surface area contributed by atoms with Gasteiger partial charge in [-0.2, -0.15) is 10.4 Å². The summed E-state index contributed by atoms with van der Waals surface area (Å²) in [6.07, 6.45) is -2.91. The number of aliphatic hydroxyl groups is 2. The van der Waals surface area contributed by atoms with Gasteiger partial charge in [0.1, 0.15) is 42.8 Å². The number of aliphatic hydroxyl groups excluding tert-OH is 2. The maximum absolute atomic E-state index is 12.0. The fourth-order valence-corrected chi connectivity index (χ4v) is 2.92. The van der Waals surface area contributed by atoms with Crippen LogP contribution in [0.4, 0.5) is 5.82 Å². The quantitative estimate of drug-likeness (QED) is 0.615. The van der Waals surface area contributed by atoms with Crippen LogP contribution < -0.4 is 5.73 Å². The number of anilines is 1. The van der Waals surface area contributed by atoms with Crippen LogP contribution in [-0.4, -0.2) is 55.7 Å². The third-order valence-corrected chi connectivity index (χ3v) is 4.48. The van der Waals surface area contributed by atoms with Crippen molar-refractivity contribution < 1.29 is 24.5 Å². The normalized spacial score (nSPS) is 28.2. The molecule has 4 N–H and O–H groups in total. The maximum atomic E-state index is 12.0. The van der Waals surface area contributed by atoms with E-state index in [4.69, 9.17) is 15.2 Å². The number of fused-ring (bicyclic) bond motifs is 1. The summed E-state index contributed by atoms with van der Waals surface area (Å²) in [5.74, 6) is -0.302. The first-order chi connectivity index (χ1) is 12.6. The SMILES string of the molecule is CC(C)(C)C(=O)OCC1OC(C#N)(c2ccc3c(N)ncnn23)C(O)C1O. The molecule has 4 unspecified atom stereocenters. The van der Waals surface area contributed by atoms with Crippen LogP contribution in [0.5, 0.6) is 0 Å². The summed E-state index contributed by atoms with van der Waals surface area (Å²) in [5, 5.41) is 34.8. The first-order valence-electron chi connectivity index (χ1n) is 8.33. The monoisotopic (exact) mass is 375 g/mol. The first-order valence-corrected chi connectivity index (χ1v) is 8.33. The number of esters is 1. The van der Waals surface area contributed by atoms with Gasteiger partial charge in [0.05, 0.1) is 11.1 Å². The second-order valence-corrected chi connectivity index (χ2v) is 7.45. The van der Waals surface area contributed by atoms with Crippen LogP contribution in [0.2, 0.25) is 0 Å². The summed E-state index contributed by atoms with van der Waals surface area (Å²) in [6.45, 7) is 4.75. The number of hydrogen-bond acceptors (Lipinski definition) is 9. The van der Waals surface area contributed by atoms with Crippen LogP contribution in [-0.2, 0) is 19.9 Å². The Kier molecular flexibility index (Phi) is 4.55. The molecule has 27 heavy (non-hydrogen) atoms. The number of nitriles is 1. The molecule has 0 saturated carbocycles. The third-order valence-electron chi connectivity index (χ3n) is 4.48. The van der Waals surface area contributed by atoms with Gasteiger partial charge in [0.15, 0.2) is 5.82 Å². The van der Waals surface area contributed by atoms with E-state index in [-0.39, 0.29) is 18.1 Å². The second-order valence-electron chi connectivity index (χ2n) is 7.45. The van der Waals surface area contributed by atoms with Crippen molar-refractivity contribution in [2.75, 3.05) is 12.3 Å². The van der Waals surface area contributed by atoms with Gasteiger partial charge >= 0.3 is 5.97 Å². The van der Waals surface area contributed by atoms with Crippen LogP contribution >= 0.6 is 0 Å². The number of aromatic nitrogens is 3. The maximum Gasteiger partial charge on any atom is 0.311 e.